The number of carbonyl (C=O) groups is 1. The highest BCUT2D eigenvalue weighted by Crippen LogP contribution is 2.19. The van der Waals surface area contributed by atoms with Crippen LogP contribution in [0.4, 0.5) is 0 Å². The molecule has 3 heteroatoms. The summed E-state index contributed by atoms with van der Waals surface area (Å²) in [7, 11) is 0. The van der Waals surface area contributed by atoms with Crippen molar-refractivity contribution in [2.75, 3.05) is 0 Å². The monoisotopic (exact) mass is 301 g/mol. The van der Waals surface area contributed by atoms with Crippen molar-refractivity contribution in [3.8, 4) is 0 Å². The van der Waals surface area contributed by atoms with E-state index in [0.717, 1.165) is 11.1 Å². The molecule has 0 fully saturated rings. The largest absolute Gasteiger partial charge is 0.349 e. The number of aryl methyl sites for hydroxylation is 2. The maximum atomic E-state index is 12.2. The number of amides is 1. The number of nitrogens with one attached hydrogen (secondary N) is 1. The molecule has 2 rings (SSSR count). The Kier molecular flexibility index (Phi) is 5.03. The van der Waals surface area contributed by atoms with Crippen molar-refractivity contribution in [3.05, 3.63) is 69.7 Å². The van der Waals surface area contributed by atoms with E-state index in [1.54, 1.807) is 6.07 Å². The molecule has 0 saturated heterocycles. The van der Waals surface area contributed by atoms with E-state index in [0.29, 0.717) is 11.4 Å². The summed E-state index contributed by atoms with van der Waals surface area (Å²) >= 11 is 6.08. The van der Waals surface area contributed by atoms with Crippen LogP contribution in [0.15, 0.2) is 42.5 Å². The van der Waals surface area contributed by atoms with Crippen LogP contribution in [-0.2, 0) is 11.2 Å². The van der Waals surface area contributed by atoms with Crippen LogP contribution in [0.2, 0.25) is 5.02 Å². The summed E-state index contributed by atoms with van der Waals surface area (Å²) in [5.41, 5.74) is 4.42. The molecule has 110 valence electrons. The first-order valence-electron chi connectivity index (χ1n) is 7.07. The first-order valence-corrected chi connectivity index (χ1v) is 7.45. The van der Waals surface area contributed by atoms with Crippen LogP contribution in [0.5, 0.6) is 0 Å². The number of rotatable bonds is 4. The molecule has 0 aliphatic heterocycles. The van der Waals surface area contributed by atoms with E-state index < -0.39 is 0 Å². The zero-order valence-electron chi connectivity index (χ0n) is 12.6. The fourth-order valence-corrected chi connectivity index (χ4v) is 2.70. The molecule has 1 atom stereocenters. The lowest BCUT2D eigenvalue weighted by Gasteiger charge is -2.17. The van der Waals surface area contributed by atoms with Gasteiger partial charge >= 0.3 is 0 Å². The van der Waals surface area contributed by atoms with E-state index in [2.05, 4.69) is 37.4 Å². The number of hydrogen-bond acceptors (Lipinski definition) is 1. The highest BCUT2D eigenvalue weighted by molar-refractivity contribution is 6.31. The second-order valence-electron chi connectivity index (χ2n) is 5.42. The Hall–Kier alpha value is -1.80. The lowest BCUT2D eigenvalue weighted by atomic mass is 10.00. The number of halogens is 1. The number of hydrogen-bond donors (Lipinski definition) is 1. The third-order valence-electron chi connectivity index (χ3n) is 3.58. The standard InChI is InChI=1S/C18H20ClNO/c1-12-8-9-16(13(2)10-12)14(3)20-18(21)11-15-6-4-5-7-17(15)19/h4-10,14H,11H2,1-3H3,(H,20,21). The maximum absolute atomic E-state index is 12.2. The van der Waals surface area contributed by atoms with Crippen LogP contribution in [0.1, 0.15) is 35.2 Å². The van der Waals surface area contributed by atoms with Gasteiger partial charge in [0.2, 0.25) is 5.91 Å². The van der Waals surface area contributed by atoms with E-state index in [1.807, 2.05) is 25.1 Å². The quantitative estimate of drug-likeness (QED) is 0.892. The lowest BCUT2D eigenvalue weighted by molar-refractivity contribution is -0.121. The maximum Gasteiger partial charge on any atom is 0.224 e. The molecule has 0 aromatic heterocycles. The summed E-state index contributed by atoms with van der Waals surface area (Å²) in [6, 6.07) is 13.7. The molecule has 1 N–H and O–H groups in total. The molecule has 0 radical (unpaired) electrons. The highest BCUT2D eigenvalue weighted by atomic mass is 35.5. The predicted molar refractivity (Wildman–Crippen MR) is 87.6 cm³/mol. The molecule has 21 heavy (non-hydrogen) atoms. The summed E-state index contributed by atoms with van der Waals surface area (Å²) in [6.07, 6.45) is 0.301. The molecule has 1 unspecified atom stereocenters. The van der Waals surface area contributed by atoms with Crippen molar-refractivity contribution in [1.29, 1.82) is 0 Å². The third-order valence-corrected chi connectivity index (χ3v) is 3.95. The molecule has 0 spiro atoms. The van der Waals surface area contributed by atoms with E-state index in [9.17, 15) is 4.79 Å². The first kappa shape index (κ1) is 15.6. The van der Waals surface area contributed by atoms with Gasteiger partial charge in [0.25, 0.3) is 0 Å². The van der Waals surface area contributed by atoms with Crippen molar-refractivity contribution in [2.45, 2.75) is 33.2 Å². The zero-order chi connectivity index (χ0) is 15.4. The fourth-order valence-electron chi connectivity index (χ4n) is 2.50. The smallest absolute Gasteiger partial charge is 0.224 e. The minimum atomic E-state index is -0.0180. The molecule has 0 aliphatic rings. The van der Waals surface area contributed by atoms with Crippen LogP contribution in [-0.4, -0.2) is 5.91 Å². The lowest BCUT2D eigenvalue weighted by Crippen LogP contribution is -2.28. The van der Waals surface area contributed by atoms with Crippen molar-refractivity contribution >= 4 is 17.5 Å². The second kappa shape index (κ2) is 6.77. The van der Waals surface area contributed by atoms with Gasteiger partial charge in [-0.05, 0) is 43.5 Å². The zero-order valence-corrected chi connectivity index (χ0v) is 13.4. The molecule has 1 amide bonds. The van der Waals surface area contributed by atoms with Crippen molar-refractivity contribution < 1.29 is 4.79 Å². The van der Waals surface area contributed by atoms with Gasteiger partial charge in [-0.25, -0.2) is 0 Å². The number of carbonyl (C=O) groups excluding carboxylic acids is 1. The molecule has 2 aromatic rings. The molecule has 0 bridgehead atoms. The average Bonchev–Trinajstić information content (AvgIpc) is 2.41. The molecule has 2 nitrogen and oxygen atoms in total. The van der Waals surface area contributed by atoms with Crippen LogP contribution in [0.25, 0.3) is 0 Å². The molecular formula is C18H20ClNO. The van der Waals surface area contributed by atoms with Gasteiger partial charge < -0.3 is 5.32 Å². The Morgan fingerprint density at radius 2 is 1.90 bits per heavy atom. The SMILES string of the molecule is Cc1ccc(C(C)NC(=O)Cc2ccccc2Cl)c(C)c1. The van der Waals surface area contributed by atoms with E-state index in [-0.39, 0.29) is 11.9 Å². The van der Waals surface area contributed by atoms with Gasteiger partial charge in [-0.15, -0.1) is 0 Å². The van der Waals surface area contributed by atoms with Crippen molar-refractivity contribution in [1.82, 2.24) is 5.32 Å². The van der Waals surface area contributed by atoms with Gasteiger partial charge in [-0.3, -0.25) is 4.79 Å². The Bertz CT molecular complexity index is 651. The minimum Gasteiger partial charge on any atom is -0.349 e. The normalized spacial score (nSPS) is 12.0. The van der Waals surface area contributed by atoms with Gasteiger partial charge in [-0.1, -0.05) is 53.6 Å². The molecule has 0 heterocycles. The topological polar surface area (TPSA) is 29.1 Å². The number of benzene rings is 2. The van der Waals surface area contributed by atoms with Gasteiger partial charge in [0.1, 0.15) is 0 Å². The van der Waals surface area contributed by atoms with Gasteiger partial charge in [0, 0.05) is 5.02 Å². The van der Waals surface area contributed by atoms with Crippen molar-refractivity contribution in [2.24, 2.45) is 0 Å². The molecule has 0 aliphatic carbocycles. The summed E-state index contributed by atoms with van der Waals surface area (Å²) in [6.45, 7) is 6.14. The van der Waals surface area contributed by atoms with E-state index >= 15 is 0 Å². The van der Waals surface area contributed by atoms with Crippen LogP contribution < -0.4 is 5.32 Å². The Balaban J connectivity index is 2.04. The Labute approximate surface area is 131 Å². The fraction of sp³-hybridized carbons (Fsp3) is 0.278. The summed E-state index contributed by atoms with van der Waals surface area (Å²) in [5.74, 6) is -0.0180. The van der Waals surface area contributed by atoms with Gasteiger partial charge in [0.05, 0.1) is 12.5 Å². The van der Waals surface area contributed by atoms with Crippen LogP contribution in [0.3, 0.4) is 0 Å². The Morgan fingerprint density at radius 1 is 1.19 bits per heavy atom. The molecular weight excluding hydrogens is 282 g/mol. The molecule has 2 aromatic carbocycles. The second-order valence-corrected chi connectivity index (χ2v) is 5.82. The minimum absolute atomic E-state index is 0.0133. The van der Waals surface area contributed by atoms with E-state index in [4.69, 9.17) is 11.6 Å². The average molecular weight is 302 g/mol. The Morgan fingerprint density at radius 3 is 2.57 bits per heavy atom. The van der Waals surface area contributed by atoms with Gasteiger partial charge in [0.15, 0.2) is 0 Å². The highest BCUT2D eigenvalue weighted by Gasteiger charge is 2.13. The third kappa shape index (κ3) is 4.08. The van der Waals surface area contributed by atoms with Crippen LogP contribution >= 0.6 is 11.6 Å². The first-order chi connectivity index (χ1) is 9.97. The van der Waals surface area contributed by atoms with Crippen molar-refractivity contribution in [3.63, 3.8) is 0 Å². The van der Waals surface area contributed by atoms with E-state index in [1.165, 1.54) is 11.1 Å². The predicted octanol–water partition coefficient (Wildman–Crippen LogP) is 4.38. The van der Waals surface area contributed by atoms with Crippen LogP contribution in [0, 0.1) is 13.8 Å². The summed E-state index contributed by atoms with van der Waals surface area (Å²) in [4.78, 5) is 12.2. The summed E-state index contributed by atoms with van der Waals surface area (Å²) < 4.78 is 0. The molecule has 0 saturated carbocycles. The van der Waals surface area contributed by atoms with Gasteiger partial charge in [-0.2, -0.15) is 0 Å². The summed E-state index contributed by atoms with van der Waals surface area (Å²) in [5, 5.41) is 3.67.